The van der Waals surface area contributed by atoms with E-state index >= 15 is 0 Å². The first kappa shape index (κ1) is 29.5. The van der Waals surface area contributed by atoms with Crippen molar-refractivity contribution in [3.8, 4) is 0 Å². The van der Waals surface area contributed by atoms with Crippen molar-refractivity contribution in [1.82, 2.24) is 15.2 Å². The Kier molecular flexibility index (Phi) is 8.51. The van der Waals surface area contributed by atoms with E-state index in [0.29, 0.717) is 12.1 Å². The zero-order valence-electron chi connectivity index (χ0n) is 22.6. The van der Waals surface area contributed by atoms with Gasteiger partial charge < -0.3 is 5.32 Å². The van der Waals surface area contributed by atoms with Gasteiger partial charge >= 0.3 is 6.18 Å². The van der Waals surface area contributed by atoms with Crippen molar-refractivity contribution < 1.29 is 26.4 Å². The molecule has 1 aliphatic rings. The Morgan fingerprint density at radius 3 is 2.27 bits per heavy atom. The molecule has 1 aromatic heterocycles. The fourth-order valence-corrected chi connectivity index (χ4v) is 5.93. The van der Waals surface area contributed by atoms with Crippen LogP contribution in [0.3, 0.4) is 0 Å². The number of carbonyl (C=O) groups excluding carboxylic acids is 1. The standard InChI is InChI=1S/C30H32F3N3O3S/c1-5-26-25-15-22(29(37)35-16-20-9-13-24(14-10-20)40(38,39)6-2)17-34-27(25)28(19(3)4)36(26)18-21-7-11-23(12-8-21)30(31,32)33/h5,7-15,17,19,26,28H,1,6,16,18H2,2-4H3,(H,35,37)/t26-,28+/m1/s1. The van der Waals surface area contributed by atoms with Crippen LogP contribution >= 0.6 is 0 Å². The Balaban J connectivity index is 1.52. The van der Waals surface area contributed by atoms with E-state index in [-0.39, 0.29) is 41.1 Å². The van der Waals surface area contributed by atoms with E-state index < -0.39 is 21.6 Å². The molecule has 0 fully saturated rings. The number of pyridine rings is 1. The highest BCUT2D eigenvalue weighted by molar-refractivity contribution is 7.91. The molecule has 3 aromatic rings. The Morgan fingerprint density at radius 2 is 1.73 bits per heavy atom. The van der Waals surface area contributed by atoms with Crippen molar-refractivity contribution in [3.05, 3.63) is 107 Å². The molecule has 0 bridgehead atoms. The van der Waals surface area contributed by atoms with Crippen LogP contribution < -0.4 is 5.32 Å². The quantitative estimate of drug-likeness (QED) is 0.307. The molecule has 1 N–H and O–H groups in total. The summed E-state index contributed by atoms with van der Waals surface area (Å²) in [5.41, 5.74) is 2.81. The van der Waals surface area contributed by atoms with Gasteiger partial charge in [0.1, 0.15) is 0 Å². The summed E-state index contributed by atoms with van der Waals surface area (Å²) >= 11 is 0. The topological polar surface area (TPSA) is 79.4 Å². The summed E-state index contributed by atoms with van der Waals surface area (Å²) in [6.07, 6.45) is -1.10. The zero-order valence-corrected chi connectivity index (χ0v) is 23.4. The van der Waals surface area contributed by atoms with Gasteiger partial charge in [0.25, 0.3) is 5.91 Å². The second-order valence-electron chi connectivity index (χ2n) is 10.2. The fraction of sp³-hybridized carbons (Fsp3) is 0.333. The molecule has 212 valence electrons. The van der Waals surface area contributed by atoms with Crippen molar-refractivity contribution in [2.45, 2.75) is 57.0 Å². The number of benzene rings is 2. The molecule has 0 spiro atoms. The lowest BCUT2D eigenvalue weighted by molar-refractivity contribution is -0.137. The molecule has 40 heavy (non-hydrogen) atoms. The SMILES string of the molecule is C=C[C@@H]1c2cc(C(=O)NCc3ccc(S(=O)(=O)CC)cc3)cnc2[C@H](C(C)C)N1Cc1ccc(C(F)(F)F)cc1. The van der Waals surface area contributed by atoms with Gasteiger partial charge in [-0.05, 0) is 52.9 Å². The van der Waals surface area contributed by atoms with Gasteiger partial charge in [-0.2, -0.15) is 13.2 Å². The maximum Gasteiger partial charge on any atom is 0.416 e. The molecule has 2 aromatic carbocycles. The Bertz CT molecular complexity index is 1490. The minimum absolute atomic E-state index is 0.0134. The van der Waals surface area contributed by atoms with Crippen LogP contribution in [0.4, 0.5) is 13.2 Å². The molecule has 2 heterocycles. The lowest BCUT2D eigenvalue weighted by Crippen LogP contribution is -2.28. The monoisotopic (exact) mass is 571 g/mol. The number of hydrogen-bond donors (Lipinski definition) is 1. The van der Waals surface area contributed by atoms with Crippen LogP contribution in [-0.4, -0.2) is 30.0 Å². The average molecular weight is 572 g/mol. The number of rotatable bonds is 9. The number of aromatic nitrogens is 1. The summed E-state index contributed by atoms with van der Waals surface area (Å²) in [6, 6.07) is 12.9. The molecule has 1 amide bonds. The summed E-state index contributed by atoms with van der Waals surface area (Å²) < 4.78 is 63.1. The fourth-order valence-electron chi connectivity index (χ4n) is 5.04. The van der Waals surface area contributed by atoms with Crippen LogP contribution in [0.15, 0.2) is 78.3 Å². The number of halogens is 3. The number of hydrogen-bond acceptors (Lipinski definition) is 5. The Hall–Kier alpha value is -3.50. The molecular formula is C30H32F3N3O3S. The molecule has 1 aliphatic heterocycles. The Morgan fingerprint density at radius 1 is 1.10 bits per heavy atom. The molecule has 0 aliphatic carbocycles. The van der Waals surface area contributed by atoms with Crippen LogP contribution in [0.2, 0.25) is 0 Å². The van der Waals surface area contributed by atoms with Gasteiger partial charge in [-0.15, -0.1) is 6.58 Å². The van der Waals surface area contributed by atoms with Gasteiger partial charge in [-0.3, -0.25) is 14.7 Å². The van der Waals surface area contributed by atoms with E-state index in [9.17, 15) is 26.4 Å². The summed E-state index contributed by atoms with van der Waals surface area (Å²) in [7, 11) is -3.30. The van der Waals surface area contributed by atoms with Gasteiger partial charge in [0.15, 0.2) is 9.84 Å². The minimum atomic E-state index is -4.40. The van der Waals surface area contributed by atoms with E-state index in [1.54, 1.807) is 31.2 Å². The maximum absolute atomic E-state index is 13.0. The largest absolute Gasteiger partial charge is 0.416 e. The lowest BCUT2D eigenvalue weighted by Gasteiger charge is -2.31. The summed E-state index contributed by atoms with van der Waals surface area (Å²) in [5, 5.41) is 2.85. The van der Waals surface area contributed by atoms with Crippen molar-refractivity contribution in [3.63, 3.8) is 0 Å². The maximum atomic E-state index is 13.0. The summed E-state index contributed by atoms with van der Waals surface area (Å²) in [5.74, 6) is -0.171. The average Bonchev–Trinajstić information content (AvgIpc) is 3.23. The molecular weight excluding hydrogens is 539 g/mol. The number of carbonyl (C=O) groups is 1. The lowest BCUT2D eigenvalue weighted by atomic mass is 9.98. The second-order valence-corrected chi connectivity index (χ2v) is 12.4. The molecule has 0 radical (unpaired) electrons. The Labute approximate surface area is 232 Å². The van der Waals surface area contributed by atoms with Crippen molar-refractivity contribution in [1.29, 1.82) is 0 Å². The highest BCUT2D eigenvalue weighted by atomic mass is 32.2. The normalized spacial score (nSPS) is 17.6. The third-order valence-electron chi connectivity index (χ3n) is 7.14. The number of alkyl halides is 3. The first-order valence-corrected chi connectivity index (χ1v) is 14.6. The van der Waals surface area contributed by atoms with Gasteiger partial charge in [-0.25, -0.2) is 8.42 Å². The van der Waals surface area contributed by atoms with Crippen molar-refractivity contribution >= 4 is 15.7 Å². The number of nitrogens with zero attached hydrogens (tertiary/aromatic N) is 2. The molecule has 4 rings (SSSR count). The van der Waals surface area contributed by atoms with Crippen LogP contribution in [0, 0.1) is 5.92 Å². The van der Waals surface area contributed by atoms with E-state index in [0.717, 1.165) is 34.5 Å². The van der Waals surface area contributed by atoms with Gasteiger partial charge in [0, 0.05) is 19.3 Å². The number of nitrogens with one attached hydrogen (secondary N) is 1. The third kappa shape index (κ3) is 6.13. The molecule has 0 saturated heterocycles. The van der Waals surface area contributed by atoms with E-state index in [4.69, 9.17) is 0 Å². The van der Waals surface area contributed by atoms with Crippen molar-refractivity contribution in [2.24, 2.45) is 5.92 Å². The molecule has 10 heteroatoms. The number of fused-ring (bicyclic) bond motifs is 1. The minimum Gasteiger partial charge on any atom is -0.348 e. The zero-order chi connectivity index (χ0) is 29.2. The van der Waals surface area contributed by atoms with Crippen LogP contribution in [-0.2, 0) is 29.1 Å². The van der Waals surface area contributed by atoms with Crippen LogP contribution in [0.25, 0.3) is 0 Å². The van der Waals surface area contributed by atoms with Crippen LogP contribution in [0.1, 0.15) is 71.2 Å². The highest BCUT2D eigenvalue weighted by Crippen LogP contribution is 2.46. The van der Waals surface area contributed by atoms with E-state index in [1.807, 2.05) is 0 Å². The van der Waals surface area contributed by atoms with Gasteiger partial charge in [0.05, 0.1) is 39.6 Å². The number of sulfone groups is 1. The molecule has 0 unspecified atom stereocenters. The van der Waals surface area contributed by atoms with Gasteiger partial charge in [0.2, 0.25) is 0 Å². The molecule has 0 saturated carbocycles. The molecule has 2 atom stereocenters. The van der Waals surface area contributed by atoms with E-state index in [2.05, 4.69) is 35.6 Å². The smallest absolute Gasteiger partial charge is 0.348 e. The summed E-state index contributed by atoms with van der Waals surface area (Å²) in [4.78, 5) is 20.0. The highest BCUT2D eigenvalue weighted by Gasteiger charge is 2.40. The van der Waals surface area contributed by atoms with E-state index in [1.165, 1.54) is 30.5 Å². The van der Waals surface area contributed by atoms with Crippen LogP contribution in [0.5, 0.6) is 0 Å². The third-order valence-corrected chi connectivity index (χ3v) is 8.89. The van der Waals surface area contributed by atoms with Crippen molar-refractivity contribution in [2.75, 3.05) is 5.75 Å². The first-order chi connectivity index (χ1) is 18.9. The predicted molar refractivity (Wildman–Crippen MR) is 147 cm³/mol. The summed E-state index contributed by atoms with van der Waals surface area (Å²) in [6.45, 7) is 10.3. The first-order valence-electron chi connectivity index (χ1n) is 13.0. The second kappa shape index (κ2) is 11.5. The van der Waals surface area contributed by atoms with Gasteiger partial charge in [-0.1, -0.05) is 51.1 Å². The predicted octanol–water partition coefficient (Wildman–Crippen LogP) is 6.26. The number of amides is 1. The molecule has 6 nitrogen and oxygen atoms in total.